The molecule has 0 spiro atoms. The molecule has 1 amide bonds. The molecule has 0 radical (unpaired) electrons. The van der Waals surface area contributed by atoms with Gasteiger partial charge in [-0.05, 0) is 12.3 Å². The number of aromatic amines is 1. The van der Waals surface area contributed by atoms with Gasteiger partial charge in [0.25, 0.3) is 5.56 Å². The summed E-state index contributed by atoms with van der Waals surface area (Å²) in [4.78, 5) is 31.3. The fraction of sp³-hybridized carbons (Fsp3) is 0.688. The van der Waals surface area contributed by atoms with Crippen molar-refractivity contribution in [3.05, 3.63) is 10.4 Å². The number of anilines is 2. The second-order valence-electron chi connectivity index (χ2n) is 6.89. The molecular weight excluding hydrogens is 437 g/mol. The number of hydrogen-bond acceptors (Lipinski definition) is 6. The summed E-state index contributed by atoms with van der Waals surface area (Å²) in [6.07, 6.45) is 1.03. The zero-order chi connectivity index (χ0) is 18.3. The van der Waals surface area contributed by atoms with Crippen LogP contribution in [-0.2, 0) is 9.53 Å². The quantitative estimate of drug-likeness (QED) is 0.530. The Morgan fingerprint density at radius 3 is 2.72 bits per heavy atom. The zero-order valence-electron chi connectivity index (χ0n) is 15.0. The molecule has 1 saturated heterocycles. The molecule has 138 valence electrons. The van der Waals surface area contributed by atoms with Gasteiger partial charge in [-0.1, -0.05) is 34.6 Å². The first-order valence-electron chi connectivity index (χ1n) is 8.58. The Bertz CT molecular complexity index is 763. The third-order valence-corrected chi connectivity index (χ3v) is 7.02. The molecule has 8 nitrogen and oxygen atoms in total. The van der Waals surface area contributed by atoms with Gasteiger partial charge in [-0.3, -0.25) is 23.0 Å². The predicted octanol–water partition coefficient (Wildman–Crippen LogP) is 3.29. The lowest BCUT2D eigenvalue weighted by atomic mass is 9.92. The van der Waals surface area contributed by atoms with Crippen molar-refractivity contribution in [3.8, 4) is 0 Å². The molecule has 1 aromatic heterocycles. The molecule has 25 heavy (non-hydrogen) atoms. The van der Waals surface area contributed by atoms with Crippen LogP contribution in [0.5, 0.6) is 0 Å². The normalized spacial score (nSPS) is 28.2. The number of ether oxygens (including phenoxy) is 1. The van der Waals surface area contributed by atoms with Gasteiger partial charge in [0.2, 0.25) is 11.9 Å². The molecule has 9 heteroatoms. The maximum Gasteiger partial charge on any atom is 0.280 e. The molecule has 2 aliphatic heterocycles. The Labute approximate surface area is 157 Å². The molecule has 1 aromatic rings. The van der Waals surface area contributed by atoms with Gasteiger partial charge in [0.15, 0.2) is 11.5 Å². The van der Waals surface area contributed by atoms with Gasteiger partial charge in [0, 0.05) is 11.8 Å². The van der Waals surface area contributed by atoms with E-state index in [4.69, 9.17) is 4.74 Å². The minimum atomic E-state index is -0.763. The minimum Gasteiger partial charge on any atom is -0.354 e. The summed E-state index contributed by atoms with van der Waals surface area (Å²) in [6, 6.07) is 0. The van der Waals surface area contributed by atoms with Gasteiger partial charge in [-0.15, -0.1) is 0 Å². The van der Waals surface area contributed by atoms with Crippen molar-refractivity contribution in [2.45, 2.75) is 53.4 Å². The predicted molar refractivity (Wildman–Crippen MR) is 104 cm³/mol. The van der Waals surface area contributed by atoms with Crippen LogP contribution in [-0.4, -0.2) is 28.2 Å². The third kappa shape index (κ3) is 3.35. The Hall–Kier alpha value is -1.36. The van der Waals surface area contributed by atoms with E-state index in [2.05, 4.69) is 39.2 Å². The summed E-state index contributed by atoms with van der Waals surface area (Å²) in [5.41, 5.74) is 0.0238. The number of carbonyl (C=O) groups is 1. The standard InChI is InChI=1S/C16H24IN5O3/c1-6-10-8(4)9(5)15(25-10)22-12-11(21-17-22)14(24)20-16(18-12)19-13(23)7(2)3/h7-10,15H,6H2,1-5H3,(H2,18,19,20,23,24)/t8?,9?,10-,15-/m1/s1. The number of halogens is 1. The highest BCUT2D eigenvalue weighted by Crippen LogP contribution is 2.46. The van der Waals surface area contributed by atoms with Crippen LogP contribution in [0, 0.1) is 17.8 Å². The lowest BCUT2D eigenvalue weighted by Gasteiger charge is -2.25. The van der Waals surface area contributed by atoms with Crippen LogP contribution in [0.25, 0.3) is 0 Å². The molecule has 3 heterocycles. The van der Waals surface area contributed by atoms with Gasteiger partial charge in [-0.2, -0.15) is 8.13 Å². The highest BCUT2D eigenvalue weighted by molar-refractivity contribution is 14.2. The first-order valence-corrected chi connectivity index (χ1v) is 10.5. The molecule has 2 unspecified atom stereocenters. The summed E-state index contributed by atoms with van der Waals surface area (Å²) in [6.45, 7) is 10.1. The fourth-order valence-corrected chi connectivity index (χ4v) is 5.34. The van der Waals surface area contributed by atoms with E-state index in [1.165, 1.54) is 0 Å². The van der Waals surface area contributed by atoms with Crippen molar-refractivity contribution in [3.63, 3.8) is 0 Å². The Kier molecular flexibility index (Phi) is 5.24. The van der Waals surface area contributed by atoms with Crippen LogP contribution in [0.2, 0.25) is 0 Å². The third-order valence-electron chi connectivity index (χ3n) is 4.85. The number of fused-ring (bicyclic) bond motifs is 1. The van der Waals surface area contributed by atoms with Crippen LogP contribution in [0.1, 0.15) is 41.0 Å². The van der Waals surface area contributed by atoms with Crippen LogP contribution < -0.4 is 14.0 Å². The maximum absolute atomic E-state index is 12.3. The fourth-order valence-electron chi connectivity index (χ4n) is 3.03. The van der Waals surface area contributed by atoms with E-state index in [-0.39, 0.29) is 35.7 Å². The van der Waals surface area contributed by atoms with E-state index in [1.54, 1.807) is 13.8 Å². The van der Waals surface area contributed by atoms with Crippen LogP contribution in [0.3, 0.4) is 0 Å². The lowest BCUT2D eigenvalue weighted by molar-refractivity contribution is -0.118. The van der Waals surface area contributed by atoms with E-state index in [0.717, 1.165) is 6.42 Å². The van der Waals surface area contributed by atoms with Crippen molar-refractivity contribution in [2.24, 2.45) is 20.9 Å². The van der Waals surface area contributed by atoms with Crippen molar-refractivity contribution >= 4 is 44.7 Å². The number of amides is 1. The van der Waals surface area contributed by atoms with Crippen LogP contribution in [0.15, 0.2) is 7.94 Å². The molecular formula is C16H24IN5O3. The molecule has 3 rings (SSSR count). The zero-order valence-corrected chi connectivity index (χ0v) is 17.2. The summed E-state index contributed by atoms with van der Waals surface area (Å²) in [5.74, 6) is 1.06. The number of carbonyl (C=O) groups excluding carboxylic acids is 1. The number of hydrogen-bond donors (Lipinski definition) is 2. The molecule has 2 N–H and O–H groups in total. The second kappa shape index (κ2) is 7.10. The molecule has 2 aliphatic rings. The topological polar surface area (TPSA) is 99.7 Å². The van der Waals surface area contributed by atoms with E-state index in [9.17, 15) is 9.59 Å². The SMILES string of the molecule is CC[C@H]1O[C@@H](N2I=Nc3c2nc(NC(=O)C(C)C)[nH]c3=O)C(C)C1C. The average molecular weight is 461 g/mol. The number of H-pyrrole nitrogens is 1. The van der Waals surface area contributed by atoms with Gasteiger partial charge < -0.3 is 4.74 Å². The highest BCUT2D eigenvalue weighted by atomic mass is 127. The number of aromatic nitrogens is 2. The van der Waals surface area contributed by atoms with Gasteiger partial charge in [-0.25, -0.2) is 0 Å². The summed E-state index contributed by atoms with van der Waals surface area (Å²) < 4.78 is 12.7. The smallest absolute Gasteiger partial charge is 0.280 e. The Balaban J connectivity index is 1.91. The molecule has 1 fully saturated rings. The Morgan fingerprint density at radius 1 is 1.40 bits per heavy atom. The maximum atomic E-state index is 12.3. The van der Waals surface area contributed by atoms with E-state index < -0.39 is 21.3 Å². The average Bonchev–Trinajstić information content (AvgIpc) is 3.10. The lowest BCUT2D eigenvalue weighted by Crippen LogP contribution is -2.32. The molecule has 0 bridgehead atoms. The van der Waals surface area contributed by atoms with E-state index >= 15 is 0 Å². The Morgan fingerprint density at radius 2 is 2.12 bits per heavy atom. The van der Waals surface area contributed by atoms with E-state index in [1.807, 2.05) is 3.11 Å². The van der Waals surface area contributed by atoms with Crippen molar-refractivity contribution < 1.29 is 9.53 Å². The molecule has 4 atom stereocenters. The summed E-state index contributed by atoms with van der Waals surface area (Å²) >= 11 is -0.763. The van der Waals surface area contributed by atoms with Crippen molar-refractivity contribution in [2.75, 3.05) is 8.43 Å². The number of nitrogens with zero attached hydrogens (tertiary/aromatic N) is 3. The van der Waals surface area contributed by atoms with Crippen molar-refractivity contribution in [1.82, 2.24) is 9.97 Å². The summed E-state index contributed by atoms with van der Waals surface area (Å²) in [7, 11) is 0. The van der Waals surface area contributed by atoms with Crippen molar-refractivity contribution in [1.29, 1.82) is 0 Å². The number of nitrogens with one attached hydrogen (secondary N) is 2. The highest BCUT2D eigenvalue weighted by Gasteiger charge is 2.43. The number of rotatable bonds is 4. The monoisotopic (exact) mass is 461 g/mol. The minimum absolute atomic E-state index is 0.124. The molecule has 0 saturated carbocycles. The van der Waals surface area contributed by atoms with Crippen LogP contribution in [0.4, 0.5) is 17.5 Å². The van der Waals surface area contributed by atoms with Gasteiger partial charge in [0.05, 0.1) is 6.10 Å². The molecule has 0 aliphatic carbocycles. The first-order chi connectivity index (χ1) is 11.8. The largest absolute Gasteiger partial charge is 0.354 e. The van der Waals surface area contributed by atoms with Gasteiger partial charge >= 0.3 is 0 Å². The van der Waals surface area contributed by atoms with E-state index in [0.29, 0.717) is 23.3 Å². The second-order valence-corrected chi connectivity index (χ2v) is 8.85. The molecule has 0 aromatic carbocycles. The summed E-state index contributed by atoms with van der Waals surface area (Å²) in [5, 5.41) is 2.66. The van der Waals surface area contributed by atoms with Crippen LogP contribution >= 0.6 is 21.3 Å². The first kappa shape index (κ1) is 18.4. The van der Waals surface area contributed by atoms with Gasteiger partial charge in [0.1, 0.15) is 27.5 Å².